The van der Waals surface area contributed by atoms with E-state index in [9.17, 15) is 14.0 Å². The molecule has 1 aliphatic rings. The number of carbonyl (C=O) groups excluding carboxylic acids is 2. The van der Waals surface area contributed by atoms with Crippen LogP contribution in [0, 0.1) is 5.82 Å². The highest BCUT2D eigenvalue weighted by Crippen LogP contribution is 2.26. The average molecular weight is 501 g/mol. The fourth-order valence-corrected chi connectivity index (χ4v) is 3.43. The largest absolute Gasteiger partial charge is 0.443 e. The summed E-state index contributed by atoms with van der Waals surface area (Å²) in [5.74, 6) is -0.481. The van der Waals surface area contributed by atoms with Crippen molar-refractivity contribution in [2.75, 3.05) is 31.6 Å². The molecule has 1 aliphatic heterocycles. The van der Waals surface area contributed by atoms with E-state index in [4.69, 9.17) is 21.0 Å². The summed E-state index contributed by atoms with van der Waals surface area (Å²) in [6.45, 7) is 1.40. The SMILES string of the molecule is CNC(=O)CCCON=C1CCN(c2ncc(-c3cccc(COC(=O)N=C(N)N)c3F)cn2)CC1. The Hall–Kier alpha value is -4.29. The lowest BCUT2D eigenvalue weighted by Crippen LogP contribution is -2.35. The fraction of sp³-hybridized carbons (Fsp3) is 0.391. The van der Waals surface area contributed by atoms with Crippen LogP contribution in [-0.4, -0.2) is 60.4 Å². The van der Waals surface area contributed by atoms with Gasteiger partial charge in [0.2, 0.25) is 11.9 Å². The minimum Gasteiger partial charge on any atom is -0.443 e. The minimum atomic E-state index is -1.00. The van der Waals surface area contributed by atoms with Gasteiger partial charge in [-0.3, -0.25) is 4.79 Å². The van der Waals surface area contributed by atoms with Crippen molar-refractivity contribution < 1.29 is 23.6 Å². The second-order valence-corrected chi connectivity index (χ2v) is 7.90. The number of nitrogens with zero attached hydrogens (tertiary/aromatic N) is 5. The standard InChI is InChI=1S/C23H29FN8O4/c1-27-19(33)6-3-11-36-31-17-7-9-32(10-8-17)22-28-12-16(13-29-22)18-5-2-4-15(20(18)24)14-35-23(34)30-21(25)26/h2,4-5,12-13H,3,6-11,14H2,1H3,(H,27,33)(H4,25,26,30,34). The molecule has 0 saturated carbocycles. The summed E-state index contributed by atoms with van der Waals surface area (Å²) in [5, 5.41) is 6.73. The maximum Gasteiger partial charge on any atom is 0.437 e. The molecule has 0 bridgehead atoms. The number of halogens is 1. The first-order valence-electron chi connectivity index (χ1n) is 11.4. The van der Waals surface area contributed by atoms with E-state index >= 15 is 0 Å². The van der Waals surface area contributed by atoms with E-state index in [-0.39, 0.29) is 23.6 Å². The first-order chi connectivity index (χ1) is 17.4. The van der Waals surface area contributed by atoms with E-state index in [0.717, 1.165) is 5.71 Å². The Balaban J connectivity index is 1.54. The van der Waals surface area contributed by atoms with Gasteiger partial charge in [-0.15, -0.1) is 4.99 Å². The number of carbonyl (C=O) groups is 2. The van der Waals surface area contributed by atoms with E-state index in [1.165, 1.54) is 6.07 Å². The van der Waals surface area contributed by atoms with Crippen molar-refractivity contribution in [2.45, 2.75) is 32.3 Å². The first kappa shape index (κ1) is 26.3. The molecule has 2 heterocycles. The smallest absolute Gasteiger partial charge is 0.437 e. The summed E-state index contributed by atoms with van der Waals surface area (Å²) in [5.41, 5.74) is 12.1. The van der Waals surface area contributed by atoms with Crippen molar-refractivity contribution in [3.8, 4) is 11.1 Å². The molecule has 0 radical (unpaired) electrons. The number of oxime groups is 1. The lowest BCUT2D eigenvalue weighted by Gasteiger charge is -2.27. The number of hydrogen-bond donors (Lipinski definition) is 3. The Morgan fingerprint density at radius 1 is 1.19 bits per heavy atom. The van der Waals surface area contributed by atoms with Crippen molar-refractivity contribution in [1.29, 1.82) is 0 Å². The molecule has 0 aliphatic carbocycles. The molecule has 13 heteroatoms. The lowest BCUT2D eigenvalue weighted by molar-refractivity contribution is -0.120. The van der Waals surface area contributed by atoms with Crippen LogP contribution in [0.25, 0.3) is 11.1 Å². The molecule has 2 amide bonds. The third kappa shape index (κ3) is 7.61. The third-order valence-electron chi connectivity index (χ3n) is 5.33. The molecule has 2 aromatic rings. The summed E-state index contributed by atoms with van der Waals surface area (Å²) in [4.78, 5) is 42.0. The number of nitrogens with one attached hydrogen (secondary N) is 1. The Kier molecular flexibility index (Phi) is 9.48. The molecular formula is C23H29FN8O4. The molecule has 1 fully saturated rings. The van der Waals surface area contributed by atoms with Crippen LogP contribution in [-0.2, 0) is 21.0 Å². The molecule has 1 aromatic carbocycles. The van der Waals surface area contributed by atoms with E-state index in [1.54, 1.807) is 31.6 Å². The van der Waals surface area contributed by atoms with Gasteiger partial charge in [0.05, 0.1) is 5.71 Å². The highest BCUT2D eigenvalue weighted by atomic mass is 19.1. The van der Waals surface area contributed by atoms with Gasteiger partial charge in [0.15, 0.2) is 5.96 Å². The molecule has 0 spiro atoms. The van der Waals surface area contributed by atoms with E-state index in [2.05, 4.69) is 25.4 Å². The quantitative estimate of drug-likeness (QED) is 0.201. The molecule has 0 unspecified atom stereocenters. The summed E-state index contributed by atoms with van der Waals surface area (Å²) in [7, 11) is 1.60. The highest BCUT2D eigenvalue weighted by Gasteiger charge is 2.19. The number of benzene rings is 1. The molecule has 0 atom stereocenters. The van der Waals surface area contributed by atoms with Gasteiger partial charge < -0.3 is 31.3 Å². The fourth-order valence-electron chi connectivity index (χ4n) is 3.43. The van der Waals surface area contributed by atoms with Crippen LogP contribution >= 0.6 is 0 Å². The highest BCUT2D eigenvalue weighted by molar-refractivity contribution is 5.88. The third-order valence-corrected chi connectivity index (χ3v) is 5.33. The molecule has 1 aromatic heterocycles. The lowest BCUT2D eigenvalue weighted by atomic mass is 10.1. The average Bonchev–Trinajstić information content (AvgIpc) is 2.88. The monoisotopic (exact) mass is 500 g/mol. The molecule has 5 N–H and O–H groups in total. The van der Waals surface area contributed by atoms with Gasteiger partial charge in [-0.1, -0.05) is 23.4 Å². The zero-order chi connectivity index (χ0) is 25.9. The number of hydrogen-bond acceptors (Lipinski definition) is 8. The summed E-state index contributed by atoms with van der Waals surface area (Å²) in [6.07, 6.45) is 4.52. The van der Waals surface area contributed by atoms with Crippen LogP contribution in [0.15, 0.2) is 40.7 Å². The second kappa shape index (κ2) is 13.0. The predicted octanol–water partition coefficient (Wildman–Crippen LogP) is 1.69. The Labute approximate surface area is 207 Å². The second-order valence-electron chi connectivity index (χ2n) is 7.90. The number of nitrogens with two attached hydrogens (primary N) is 2. The van der Waals surface area contributed by atoms with Crippen LogP contribution in [0.5, 0.6) is 0 Å². The van der Waals surface area contributed by atoms with Crippen LogP contribution in [0.1, 0.15) is 31.2 Å². The van der Waals surface area contributed by atoms with Gasteiger partial charge in [0, 0.05) is 68.5 Å². The minimum absolute atomic E-state index is 0.0222. The Morgan fingerprint density at radius 3 is 2.58 bits per heavy atom. The number of rotatable bonds is 9. The van der Waals surface area contributed by atoms with Crippen LogP contribution in [0.4, 0.5) is 15.1 Å². The number of amides is 2. The zero-order valence-electron chi connectivity index (χ0n) is 19.9. The molecule has 1 saturated heterocycles. The maximum atomic E-state index is 15.0. The van der Waals surface area contributed by atoms with Gasteiger partial charge in [-0.05, 0) is 6.42 Å². The van der Waals surface area contributed by atoms with Crippen molar-refractivity contribution >= 4 is 29.6 Å². The summed E-state index contributed by atoms with van der Waals surface area (Å²) in [6, 6.07) is 4.73. The van der Waals surface area contributed by atoms with Crippen LogP contribution in [0.2, 0.25) is 0 Å². The van der Waals surface area contributed by atoms with Gasteiger partial charge in [-0.2, -0.15) is 0 Å². The van der Waals surface area contributed by atoms with Crippen molar-refractivity contribution in [3.05, 3.63) is 42.0 Å². The number of aromatic nitrogens is 2. The molecule has 3 rings (SSSR count). The number of aliphatic imine (C=N–C) groups is 1. The molecule has 36 heavy (non-hydrogen) atoms. The number of piperidine rings is 1. The molecular weight excluding hydrogens is 471 g/mol. The summed E-state index contributed by atoms with van der Waals surface area (Å²) < 4.78 is 19.9. The maximum absolute atomic E-state index is 15.0. The van der Waals surface area contributed by atoms with Gasteiger partial charge >= 0.3 is 6.09 Å². The van der Waals surface area contributed by atoms with Gasteiger partial charge in [0.1, 0.15) is 19.0 Å². The van der Waals surface area contributed by atoms with E-state index in [1.807, 2.05) is 4.90 Å². The van der Waals surface area contributed by atoms with Gasteiger partial charge in [0.25, 0.3) is 0 Å². The first-order valence-corrected chi connectivity index (χ1v) is 11.4. The molecule has 12 nitrogen and oxygen atoms in total. The van der Waals surface area contributed by atoms with E-state index in [0.29, 0.717) is 56.9 Å². The van der Waals surface area contributed by atoms with Crippen LogP contribution in [0.3, 0.4) is 0 Å². The Morgan fingerprint density at radius 2 is 1.92 bits per heavy atom. The predicted molar refractivity (Wildman–Crippen MR) is 132 cm³/mol. The normalized spacial score (nSPS) is 13.1. The molecule has 192 valence electrons. The van der Waals surface area contributed by atoms with Gasteiger partial charge in [-0.25, -0.2) is 19.2 Å². The van der Waals surface area contributed by atoms with Crippen molar-refractivity contribution in [1.82, 2.24) is 15.3 Å². The summed E-state index contributed by atoms with van der Waals surface area (Å²) >= 11 is 0. The number of ether oxygens (including phenoxy) is 1. The van der Waals surface area contributed by atoms with E-state index < -0.39 is 17.9 Å². The van der Waals surface area contributed by atoms with Crippen molar-refractivity contribution in [3.63, 3.8) is 0 Å². The number of anilines is 1. The number of guanidine groups is 1. The topological polar surface area (TPSA) is 170 Å². The zero-order valence-corrected chi connectivity index (χ0v) is 19.9. The Bertz CT molecular complexity index is 1110. The van der Waals surface area contributed by atoms with Crippen molar-refractivity contribution in [2.24, 2.45) is 21.6 Å². The van der Waals surface area contributed by atoms with Crippen LogP contribution < -0.4 is 21.7 Å².